The fourth-order valence-electron chi connectivity index (χ4n) is 3.51. The first-order valence-corrected chi connectivity index (χ1v) is 9.76. The Kier molecular flexibility index (Phi) is 4.93. The maximum absolute atomic E-state index is 13.0. The van der Waals surface area contributed by atoms with Crippen molar-refractivity contribution in [1.29, 1.82) is 0 Å². The molecule has 0 aliphatic carbocycles. The molecule has 0 unspecified atom stereocenters. The van der Waals surface area contributed by atoms with Gasteiger partial charge in [-0.3, -0.25) is 9.69 Å². The number of para-hydroxylation sites is 1. The summed E-state index contributed by atoms with van der Waals surface area (Å²) in [4.78, 5) is 28.5. The van der Waals surface area contributed by atoms with Crippen LogP contribution < -0.4 is 10.6 Å². The summed E-state index contributed by atoms with van der Waals surface area (Å²) < 4.78 is 47.4. The zero-order chi connectivity index (χ0) is 25.1. The molecule has 9 heteroatoms. The number of amides is 1. The summed E-state index contributed by atoms with van der Waals surface area (Å²) in [5, 5.41) is 7.34. The molecular weight excluding hydrogens is 372 g/mol. The number of anilines is 1. The number of aromatic nitrogens is 4. The van der Waals surface area contributed by atoms with E-state index >= 15 is 0 Å². The van der Waals surface area contributed by atoms with Crippen molar-refractivity contribution in [2.75, 3.05) is 31.6 Å². The monoisotopic (exact) mass is 407 g/mol. The quantitative estimate of drug-likeness (QED) is 0.614. The number of nitrogens with zero attached hydrogens (tertiary/aromatic N) is 6. The third-order valence-electron chi connectivity index (χ3n) is 5.18. The first-order valence-electron chi connectivity index (χ1n) is 12.3. The fourth-order valence-corrected chi connectivity index (χ4v) is 3.51. The average Bonchev–Trinajstić information content (AvgIpc) is 3.16. The van der Waals surface area contributed by atoms with Crippen LogP contribution in [-0.2, 0) is 22.6 Å². The summed E-state index contributed by atoms with van der Waals surface area (Å²) in [5.74, 6) is -0.276. The number of carbonyl (C=O) groups excluding carboxylic acids is 1. The number of benzene rings is 1. The number of hydrogen-bond donors (Lipinski definition) is 0. The summed E-state index contributed by atoms with van der Waals surface area (Å²) in [7, 11) is -2.75. The van der Waals surface area contributed by atoms with Gasteiger partial charge in [0.05, 0.1) is 13.4 Å². The number of likely N-dealkylation sites (tertiary alicyclic amines) is 1. The van der Waals surface area contributed by atoms with Crippen LogP contribution in [-0.4, -0.2) is 63.0 Å². The second-order valence-corrected chi connectivity index (χ2v) is 6.89. The van der Waals surface area contributed by atoms with Gasteiger partial charge in [0.15, 0.2) is 0 Å². The van der Waals surface area contributed by atoms with E-state index in [-0.39, 0.29) is 51.3 Å². The molecule has 2 heterocycles. The van der Waals surface area contributed by atoms with Crippen LogP contribution in [0.25, 0.3) is 0 Å². The van der Waals surface area contributed by atoms with Crippen LogP contribution in [0.3, 0.4) is 0 Å². The van der Waals surface area contributed by atoms with E-state index in [0.29, 0.717) is 10.4 Å². The SMILES string of the molecule is [2H]C([2H])([2H])OC1(N(C(=O)CC)c2ccccc2)CCN(CC([2H])([2H])n2nnn(CC)c2=O)CC1. The second-order valence-electron chi connectivity index (χ2n) is 6.89. The first kappa shape index (κ1) is 15.3. The molecule has 158 valence electrons. The molecule has 1 aromatic carbocycles. The van der Waals surface area contributed by atoms with Gasteiger partial charge in [-0.05, 0) is 29.5 Å². The Hall–Kier alpha value is -2.52. The molecular formula is C20H30N6O3. The third-order valence-corrected chi connectivity index (χ3v) is 5.18. The largest absolute Gasteiger partial charge is 0.363 e. The number of aryl methyl sites for hydroxylation is 1. The molecule has 0 saturated carbocycles. The van der Waals surface area contributed by atoms with Crippen molar-refractivity contribution in [1.82, 2.24) is 24.7 Å². The maximum atomic E-state index is 13.0. The highest BCUT2D eigenvalue weighted by Crippen LogP contribution is 2.34. The Morgan fingerprint density at radius 2 is 1.93 bits per heavy atom. The zero-order valence-corrected chi connectivity index (χ0v) is 16.7. The van der Waals surface area contributed by atoms with Crippen LogP contribution in [0.1, 0.15) is 40.0 Å². The van der Waals surface area contributed by atoms with E-state index in [4.69, 9.17) is 11.6 Å². The minimum absolute atomic E-state index is 0.138. The Labute approximate surface area is 177 Å². The van der Waals surface area contributed by atoms with Crippen LogP contribution >= 0.6 is 0 Å². The summed E-state index contributed by atoms with van der Waals surface area (Å²) in [6.45, 7) is 1.88. The second kappa shape index (κ2) is 9.32. The minimum atomic E-state index is -2.75. The third kappa shape index (κ3) is 4.40. The number of carbonyl (C=O) groups is 1. The molecule has 1 aliphatic rings. The van der Waals surface area contributed by atoms with Gasteiger partial charge < -0.3 is 9.64 Å². The minimum Gasteiger partial charge on any atom is -0.358 e. The Bertz CT molecular complexity index is 1030. The van der Waals surface area contributed by atoms with Gasteiger partial charge in [0.25, 0.3) is 0 Å². The first-order chi connectivity index (χ1) is 15.9. The molecule has 1 saturated heterocycles. The topological polar surface area (TPSA) is 85.5 Å². The number of hydrogen-bond acceptors (Lipinski definition) is 6. The lowest BCUT2D eigenvalue weighted by atomic mass is 9.96. The summed E-state index contributed by atoms with van der Waals surface area (Å²) >= 11 is 0. The van der Waals surface area contributed by atoms with Crippen LogP contribution in [0.5, 0.6) is 0 Å². The van der Waals surface area contributed by atoms with Gasteiger partial charge in [-0.25, -0.2) is 4.79 Å². The lowest BCUT2D eigenvalue weighted by Gasteiger charge is -2.47. The van der Waals surface area contributed by atoms with E-state index in [0.717, 1.165) is 4.68 Å². The van der Waals surface area contributed by atoms with E-state index < -0.39 is 24.9 Å². The van der Waals surface area contributed by atoms with Crippen LogP contribution in [0.15, 0.2) is 35.1 Å². The standard InChI is InChI=1S/C20H30N6O3/c1-4-18(27)26(17-9-7-6-8-10-17)20(29-3)11-13-23(14-12-20)15-16-25-19(28)24(5-2)21-22-25/h6-10H,4-5,11-16H2,1-3H3/i3D3,16D2. The van der Waals surface area contributed by atoms with Crippen molar-refractivity contribution < 1.29 is 16.4 Å². The summed E-state index contributed by atoms with van der Waals surface area (Å²) in [5.41, 5.74) is -1.54. The molecule has 29 heavy (non-hydrogen) atoms. The van der Waals surface area contributed by atoms with Crippen LogP contribution in [0.2, 0.25) is 0 Å². The maximum Gasteiger partial charge on any atom is 0.363 e. The highest BCUT2D eigenvalue weighted by atomic mass is 16.5. The van der Waals surface area contributed by atoms with Crippen molar-refractivity contribution in [3.63, 3.8) is 0 Å². The van der Waals surface area contributed by atoms with E-state index in [1.165, 1.54) is 4.90 Å². The van der Waals surface area contributed by atoms with Gasteiger partial charge in [-0.2, -0.15) is 9.36 Å². The Morgan fingerprint density at radius 1 is 1.24 bits per heavy atom. The van der Waals surface area contributed by atoms with Crippen molar-refractivity contribution in [2.24, 2.45) is 0 Å². The molecule has 0 bridgehead atoms. The van der Waals surface area contributed by atoms with E-state index in [1.807, 2.05) is 0 Å². The molecule has 0 radical (unpaired) electrons. The van der Waals surface area contributed by atoms with E-state index in [9.17, 15) is 9.59 Å². The highest BCUT2D eigenvalue weighted by Gasteiger charge is 2.43. The number of piperidine rings is 1. The predicted octanol–water partition coefficient (Wildman–Crippen LogP) is 1.34. The molecule has 0 N–H and O–H groups in total. The zero-order valence-electron chi connectivity index (χ0n) is 21.7. The van der Waals surface area contributed by atoms with Crippen molar-refractivity contribution >= 4 is 11.6 Å². The number of ether oxygens (including phenoxy) is 1. The van der Waals surface area contributed by atoms with Gasteiger partial charge in [0.1, 0.15) is 5.72 Å². The molecule has 1 aliphatic heterocycles. The molecule has 0 atom stereocenters. The van der Waals surface area contributed by atoms with Gasteiger partial charge in [0.2, 0.25) is 5.91 Å². The van der Waals surface area contributed by atoms with Crippen molar-refractivity contribution in [3.8, 4) is 0 Å². The van der Waals surface area contributed by atoms with Gasteiger partial charge in [0, 0.05) is 58.2 Å². The average molecular weight is 408 g/mol. The number of tetrazole rings is 1. The van der Waals surface area contributed by atoms with E-state index in [2.05, 4.69) is 10.4 Å². The lowest BCUT2D eigenvalue weighted by Crippen LogP contribution is -2.59. The van der Waals surface area contributed by atoms with Gasteiger partial charge in [-0.15, -0.1) is 0 Å². The van der Waals surface area contributed by atoms with Crippen molar-refractivity contribution in [2.45, 2.75) is 51.9 Å². The Balaban J connectivity index is 1.86. The molecule has 2 aromatic rings. The Morgan fingerprint density at radius 3 is 2.52 bits per heavy atom. The predicted molar refractivity (Wildman–Crippen MR) is 110 cm³/mol. The molecule has 0 spiro atoms. The molecule has 1 amide bonds. The number of rotatable bonds is 8. The summed E-state index contributed by atoms with van der Waals surface area (Å²) in [6.07, 6.45) is 0.431. The van der Waals surface area contributed by atoms with Gasteiger partial charge in [-0.1, -0.05) is 25.1 Å². The molecule has 3 rings (SSSR count). The lowest BCUT2D eigenvalue weighted by molar-refractivity contribution is -0.128. The summed E-state index contributed by atoms with van der Waals surface area (Å²) in [6, 6.07) is 8.79. The van der Waals surface area contributed by atoms with Crippen molar-refractivity contribution in [3.05, 3.63) is 40.8 Å². The normalized spacial score (nSPS) is 20.1. The molecule has 1 fully saturated rings. The van der Waals surface area contributed by atoms with Crippen LogP contribution in [0.4, 0.5) is 5.69 Å². The molecule has 9 nitrogen and oxygen atoms in total. The number of methoxy groups -OCH3 is 1. The van der Waals surface area contributed by atoms with Gasteiger partial charge >= 0.3 is 5.69 Å². The van der Waals surface area contributed by atoms with E-state index in [1.54, 1.807) is 49.1 Å². The fraction of sp³-hybridized carbons (Fsp3) is 0.600. The molecule has 1 aromatic heterocycles. The highest BCUT2D eigenvalue weighted by molar-refractivity contribution is 5.94. The van der Waals surface area contributed by atoms with Crippen LogP contribution in [0, 0.1) is 0 Å². The smallest absolute Gasteiger partial charge is 0.358 e.